The number of rotatable bonds is 7. The molecule has 166 valence electrons. The molecule has 0 aliphatic carbocycles. The summed E-state index contributed by atoms with van der Waals surface area (Å²) in [6.07, 6.45) is 3.47. The predicted molar refractivity (Wildman–Crippen MR) is 122 cm³/mol. The monoisotopic (exact) mass is 422 g/mol. The highest BCUT2D eigenvalue weighted by atomic mass is 28.4. The highest BCUT2D eigenvalue weighted by molar-refractivity contribution is 6.73. The van der Waals surface area contributed by atoms with Crippen molar-refractivity contribution in [2.24, 2.45) is 0 Å². The van der Waals surface area contributed by atoms with Crippen LogP contribution in [-0.2, 0) is 20.2 Å². The minimum Gasteiger partial charge on any atom is -0.497 e. The first-order chi connectivity index (χ1) is 13.4. The number of ether oxygens (including phenoxy) is 2. The van der Waals surface area contributed by atoms with Crippen molar-refractivity contribution in [2.75, 3.05) is 7.11 Å². The summed E-state index contributed by atoms with van der Waals surface area (Å²) in [5.74, 6) is 0.869. The van der Waals surface area contributed by atoms with Gasteiger partial charge >= 0.3 is 8.56 Å². The van der Waals surface area contributed by atoms with Gasteiger partial charge in [0.1, 0.15) is 5.75 Å². The zero-order valence-electron chi connectivity index (χ0n) is 20.0. The van der Waals surface area contributed by atoms with Crippen LogP contribution in [0.1, 0.15) is 80.2 Å². The van der Waals surface area contributed by atoms with E-state index in [0.29, 0.717) is 6.61 Å². The lowest BCUT2D eigenvalue weighted by molar-refractivity contribution is -0.0530. The highest BCUT2D eigenvalue weighted by Gasteiger charge is 2.61. The molecule has 0 radical (unpaired) electrons. The Hall–Kier alpha value is -0.883. The largest absolute Gasteiger partial charge is 0.497 e. The van der Waals surface area contributed by atoms with E-state index in [2.05, 4.69) is 67.5 Å². The van der Waals surface area contributed by atoms with Crippen molar-refractivity contribution >= 4 is 8.56 Å². The summed E-state index contributed by atoms with van der Waals surface area (Å²) >= 11 is 0. The third-order valence-electron chi connectivity index (χ3n) is 5.91. The lowest BCUT2D eigenvalue weighted by Gasteiger charge is -2.55. The molecule has 0 N–H and O–H groups in total. The van der Waals surface area contributed by atoms with Gasteiger partial charge in [0.2, 0.25) is 0 Å². The third kappa shape index (κ3) is 5.84. The summed E-state index contributed by atoms with van der Waals surface area (Å²) < 4.78 is 25.1. The van der Waals surface area contributed by atoms with Gasteiger partial charge in [0.05, 0.1) is 25.9 Å². The Bertz CT molecular complexity index is 616. The number of hydrogen-bond donors (Lipinski definition) is 0. The number of hydrogen-bond acceptors (Lipinski definition) is 4. The highest BCUT2D eigenvalue weighted by Crippen LogP contribution is 2.55. The zero-order valence-corrected chi connectivity index (χ0v) is 21.0. The first kappa shape index (κ1) is 24.4. The fourth-order valence-electron chi connectivity index (χ4n) is 4.51. The Morgan fingerprint density at radius 2 is 1.55 bits per heavy atom. The Kier molecular flexibility index (Phi) is 7.99. The maximum atomic E-state index is 6.91. The van der Waals surface area contributed by atoms with E-state index in [1.807, 2.05) is 12.1 Å². The Morgan fingerprint density at radius 1 is 1.00 bits per heavy atom. The summed E-state index contributed by atoms with van der Waals surface area (Å²) in [5, 5.41) is 0.00899. The molecule has 1 saturated heterocycles. The van der Waals surface area contributed by atoms with Crippen LogP contribution in [0.15, 0.2) is 24.3 Å². The normalized spacial score (nSPS) is 23.6. The topological polar surface area (TPSA) is 36.9 Å². The molecule has 0 aromatic heterocycles. The van der Waals surface area contributed by atoms with Gasteiger partial charge in [-0.15, -0.1) is 0 Å². The summed E-state index contributed by atoms with van der Waals surface area (Å²) in [7, 11) is -0.783. The van der Waals surface area contributed by atoms with E-state index in [1.54, 1.807) is 7.11 Å². The van der Waals surface area contributed by atoms with E-state index >= 15 is 0 Å². The second kappa shape index (κ2) is 9.50. The van der Waals surface area contributed by atoms with Gasteiger partial charge in [-0.3, -0.25) is 0 Å². The molecule has 0 saturated carbocycles. The van der Waals surface area contributed by atoms with Crippen molar-refractivity contribution in [3.63, 3.8) is 0 Å². The van der Waals surface area contributed by atoms with Gasteiger partial charge in [-0.2, -0.15) is 0 Å². The van der Waals surface area contributed by atoms with E-state index in [0.717, 1.165) is 30.6 Å². The molecule has 29 heavy (non-hydrogen) atoms. The van der Waals surface area contributed by atoms with Gasteiger partial charge < -0.3 is 18.3 Å². The maximum Gasteiger partial charge on any atom is 0.349 e. The Balaban J connectivity index is 2.05. The lowest BCUT2D eigenvalue weighted by atomic mass is 10.0. The molecule has 5 heteroatoms. The molecule has 1 aliphatic heterocycles. The average Bonchev–Trinajstić information content (AvgIpc) is 2.64. The van der Waals surface area contributed by atoms with Crippen LogP contribution in [0.4, 0.5) is 0 Å². The first-order valence-corrected chi connectivity index (χ1v) is 12.8. The molecular formula is C24H42O4Si. The molecule has 2 rings (SSSR count). The van der Waals surface area contributed by atoms with Crippen molar-refractivity contribution in [1.29, 1.82) is 0 Å². The summed E-state index contributed by atoms with van der Waals surface area (Å²) in [6, 6.07) is 8.06. The van der Waals surface area contributed by atoms with Gasteiger partial charge in [-0.25, -0.2) is 0 Å². The molecule has 1 aromatic rings. The zero-order chi connectivity index (χ0) is 21.9. The molecule has 3 atom stereocenters. The van der Waals surface area contributed by atoms with Crippen LogP contribution in [0.2, 0.25) is 10.1 Å². The molecule has 0 unspecified atom stereocenters. The number of methoxy groups -OCH3 is 1. The van der Waals surface area contributed by atoms with E-state index in [1.165, 1.54) is 0 Å². The van der Waals surface area contributed by atoms with Crippen molar-refractivity contribution in [3.05, 3.63) is 29.8 Å². The molecule has 0 bridgehead atoms. The van der Waals surface area contributed by atoms with Gasteiger partial charge in [-0.1, -0.05) is 60.6 Å². The van der Waals surface area contributed by atoms with Crippen molar-refractivity contribution in [3.8, 4) is 5.75 Å². The molecule has 1 aliphatic rings. The molecular weight excluding hydrogens is 380 g/mol. The van der Waals surface area contributed by atoms with Crippen molar-refractivity contribution < 1.29 is 18.3 Å². The molecule has 0 spiro atoms. The molecule has 1 aromatic carbocycles. The Labute approximate surface area is 179 Å². The standard InChI is InChI=1S/C24H42O4Si/c1-10-20-16-22(28-29(27-20,23(3,4)5)24(6,7)8)15-18(2)26-17-19-11-13-21(25-9)14-12-19/h11-14,18,20,22H,10,15-17H2,1-9H3/t18-,20-,22+/m1/s1. The predicted octanol–water partition coefficient (Wildman–Crippen LogP) is 6.62. The molecule has 1 fully saturated rings. The smallest absolute Gasteiger partial charge is 0.349 e. The minimum atomic E-state index is -2.47. The second-order valence-corrected chi connectivity index (χ2v) is 15.2. The van der Waals surface area contributed by atoms with E-state index in [9.17, 15) is 0 Å². The Morgan fingerprint density at radius 3 is 2.03 bits per heavy atom. The van der Waals surface area contributed by atoms with Crippen LogP contribution >= 0.6 is 0 Å². The van der Waals surface area contributed by atoms with E-state index in [4.69, 9.17) is 18.3 Å². The van der Waals surface area contributed by atoms with Crippen LogP contribution in [0.25, 0.3) is 0 Å². The van der Waals surface area contributed by atoms with Crippen LogP contribution in [0.5, 0.6) is 5.75 Å². The molecule has 0 amide bonds. The molecule has 1 heterocycles. The van der Waals surface area contributed by atoms with Crippen molar-refractivity contribution in [2.45, 2.75) is 110 Å². The lowest BCUT2D eigenvalue weighted by Crippen LogP contribution is -2.63. The second-order valence-electron chi connectivity index (χ2n) is 10.4. The summed E-state index contributed by atoms with van der Waals surface area (Å²) in [6.45, 7) is 18.7. The van der Waals surface area contributed by atoms with Crippen LogP contribution in [-0.4, -0.2) is 34.0 Å². The fourth-order valence-corrected chi connectivity index (χ4v) is 9.63. The SMILES string of the molecule is CC[C@@H]1C[C@H](C[C@@H](C)OCc2ccc(OC)cc2)O[Si](C(C)(C)C)(C(C)(C)C)O1. The summed E-state index contributed by atoms with van der Waals surface area (Å²) in [4.78, 5) is 0. The maximum absolute atomic E-state index is 6.91. The first-order valence-electron chi connectivity index (χ1n) is 11.0. The fraction of sp³-hybridized carbons (Fsp3) is 0.750. The van der Waals surface area contributed by atoms with Gasteiger partial charge in [-0.05, 0) is 43.9 Å². The number of benzene rings is 1. The quantitative estimate of drug-likeness (QED) is 0.463. The van der Waals surface area contributed by atoms with Crippen molar-refractivity contribution in [1.82, 2.24) is 0 Å². The minimum absolute atomic E-state index is 0.00449. The van der Waals surface area contributed by atoms with E-state index in [-0.39, 0.29) is 28.4 Å². The van der Waals surface area contributed by atoms with Gasteiger partial charge in [0.25, 0.3) is 0 Å². The van der Waals surface area contributed by atoms with Crippen LogP contribution < -0.4 is 4.74 Å². The van der Waals surface area contributed by atoms with Gasteiger partial charge in [0.15, 0.2) is 0 Å². The molecule has 4 nitrogen and oxygen atoms in total. The summed E-state index contributed by atoms with van der Waals surface area (Å²) in [5.41, 5.74) is 1.16. The van der Waals surface area contributed by atoms with E-state index < -0.39 is 8.56 Å². The third-order valence-corrected chi connectivity index (χ3v) is 11.2. The van der Waals surface area contributed by atoms with Crippen LogP contribution in [0, 0.1) is 0 Å². The van der Waals surface area contributed by atoms with Crippen LogP contribution in [0.3, 0.4) is 0 Å². The van der Waals surface area contributed by atoms with Gasteiger partial charge in [0, 0.05) is 16.2 Å². The average molecular weight is 423 g/mol.